The maximum Gasteiger partial charge on any atom is 0.275 e. The van der Waals surface area contributed by atoms with Gasteiger partial charge in [0.2, 0.25) is 0 Å². The fourth-order valence-corrected chi connectivity index (χ4v) is 5.19. The number of Topliss-reactive ketones (excluding diaryl/α,β-unsaturated/α-hetero) is 1. The molecule has 35 heavy (non-hydrogen) atoms. The van der Waals surface area contributed by atoms with Gasteiger partial charge >= 0.3 is 0 Å². The summed E-state index contributed by atoms with van der Waals surface area (Å²) in [4.78, 5) is 54.6. The van der Waals surface area contributed by atoms with Crippen molar-refractivity contribution in [3.63, 3.8) is 0 Å². The molecule has 3 atom stereocenters. The second-order valence-electron chi connectivity index (χ2n) is 8.69. The van der Waals surface area contributed by atoms with Gasteiger partial charge in [-0.15, -0.1) is 11.6 Å². The van der Waals surface area contributed by atoms with Crippen LogP contribution in [-0.2, 0) is 9.59 Å². The quantitative estimate of drug-likeness (QED) is 0.202. The summed E-state index contributed by atoms with van der Waals surface area (Å²) in [6.07, 6.45) is 2.77. The van der Waals surface area contributed by atoms with Gasteiger partial charge in [0.05, 0.1) is 22.4 Å². The first-order valence-electron chi connectivity index (χ1n) is 11.2. The number of carbonyl (C=O) groups is 4. The summed E-state index contributed by atoms with van der Waals surface area (Å²) < 4.78 is 0. The number of fused-ring (bicyclic) bond motifs is 1. The van der Waals surface area contributed by atoms with E-state index in [2.05, 4.69) is 0 Å². The number of rotatable bonds is 7. The Morgan fingerprint density at radius 3 is 2.34 bits per heavy atom. The smallest absolute Gasteiger partial charge is 0.275 e. The first kappa shape index (κ1) is 25.4. The Bertz CT molecular complexity index is 1210. The highest BCUT2D eigenvalue weighted by molar-refractivity contribution is 6.34. The largest absolute Gasteiger partial charge is 0.292 e. The summed E-state index contributed by atoms with van der Waals surface area (Å²) in [5.41, 5.74) is 1.35. The zero-order valence-corrected chi connectivity index (χ0v) is 21.2. The summed E-state index contributed by atoms with van der Waals surface area (Å²) in [5, 5.41) is 2.41. The number of hydrogen-bond donors (Lipinski definition) is 0. The van der Waals surface area contributed by atoms with Crippen LogP contribution in [0.1, 0.15) is 46.9 Å². The molecule has 2 aliphatic rings. The molecule has 0 unspecified atom stereocenters. The molecular formula is C26H23Cl3N2O4. The number of carbonyl (C=O) groups excluding carboxylic acids is 4. The normalized spacial score (nSPS) is 20.3. The second-order valence-corrected chi connectivity index (χ2v) is 9.91. The predicted octanol–water partition coefficient (Wildman–Crippen LogP) is 5.57. The molecule has 0 spiro atoms. The number of ketones is 1. The van der Waals surface area contributed by atoms with Crippen LogP contribution in [-0.4, -0.2) is 45.4 Å². The summed E-state index contributed by atoms with van der Waals surface area (Å²) in [6.45, 7) is 1.91. The van der Waals surface area contributed by atoms with Crippen molar-refractivity contribution >= 4 is 58.3 Å². The Balaban J connectivity index is 1.82. The summed E-state index contributed by atoms with van der Waals surface area (Å²) in [6, 6.07) is 11.3. The van der Waals surface area contributed by atoms with Crippen LogP contribution in [0.2, 0.25) is 10.0 Å². The van der Waals surface area contributed by atoms with Gasteiger partial charge in [-0.1, -0.05) is 47.0 Å². The molecular weight excluding hydrogens is 511 g/mol. The number of amides is 3. The zero-order valence-electron chi connectivity index (χ0n) is 18.9. The van der Waals surface area contributed by atoms with Crippen molar-refractivity contribution in [3.8, 4) is 0 Å². The Labute approximate surface area is 218 Å². The van der Waals surface area contributed by atoms with Crippen molar-refractivity contribution in [2.75, 3.05) is 5.88 Å². The first-order valence-corrected chi connectivity index (χ1v) is 12.5. The number of allylic oxidation sites excluding steroid dienone is 2. The average molecular weight is 534 g/mol. The van der Waals surface area contributed by atoms with E-state index >= 15 is 0 Å². The molecule has 0 N–H and O–H groups in total. The number of imide groups is 1. The highest BCUT2D eigenvalue weighted by Gasteiger charge is 2.53. The molecule has 182 valence electrons. The van der Waals surface area contributed by atoms with E-state index in [1.807, 2.05) is 13.0 Å². The second kappa shape index (κ2) is 10.5. The molecule has 6 nitrogen and oxygen atoms in total. The minimum Gasteiger partial charge on any atom is -0.292 e. The van der Waals surface area contributed by atoms with Crippen LogP contribution < -0.4 is 0 Å². The van der Waals surface area contributed by atoms with Crippen molar-refractivity contribution in [2.24, 2.45) is 11.8 Å². The molecule has 9 heteroatoms. The molecule has 0 saturated carbocycles. The van der Waals surface area contributed by atoms with E-state index in [4.69, 9.17) is 34.8 Å². The van der Waals surface area contributed by atoms with Crippen molar-refractivity contribution in [3.05, 3.63) is 81.4 Å². The van der Waals surface area contributed by atoms with Gasteiger partial charge in [0.15, 0.2) is 5.78 Å². The van der Waals surface area contributed by atoms with Crippen molar-refractivity contribution < 1.29 is 19.2 Å². The van der Waals surface area contributed by atoms with Crippen LogP contribution >= 0.6 is 34.8 Å². The highest BCUT2D eigenvalue weighted by Crippen LogP contribution is 2.39. The van der Waals surface area contributed by atoms with E-state index < -0.39 is 41.4 Å². The van der Waals surface area contributed by atoms with E-state index in [1.165, 1.54) is 24.3 Å². The van der Waals surface area contributed by atoms with E-state index in [9.17, 15) is 19.2 Å². The van der Waals surface area contributed by atoms with Crippen LogP contribution in [0.15, 0.2) is 60.2 Å². The SMILES string of the molecule is CC1=CC[C@@H]2C(=O)N(N(C(=O)c3ccccc3Cl)[C@@H](CCCl)C(=O)c3ccc(Cl)cc3)C(=O)[C@@H]2C1. The van der Waals surface area contributed by atoms with Crippen molar-refractivity contribution in [1.82, 2.24) is 10.0 Å². The van der Waals surface area contributed by atoms with E-state index in [1.54, 1.807) is 24.3 Å². The minimum absolute atomic E-state index is 0.0139. The number of nitrogens with zero attached hydrogens (tertiary/aromatic N) is 2. The minimum atomic E-state index is -1.21. The van der Waals surface area contributed by atoms with Gasteiger partial charge in [-0.25, -0.2) is 5.01 Å². The third-order valence-electron chi connectivity index (χ3n) is 6.44. The fourth-order valence-electron chi connectivity index (χ4n) is 4.64. The monoisotopic (exact) mass is 532 g/mol. The number of benzene rings is 2. The standard InChI is InChI=1S/C26H23Cl3N2O4/c1-15-6-11-18-20(14-15)26(35)31(24(18)33)30(25(34)19-4-2-3-5-21(19)29)22(12-13-27)23(32)16-7-9-17(28)10-8-16/h2-10,18,20,22H,11-14H2,1H3/t18-,20+,22-/m0/s1. The lowest BCUT2D eigenvalue weighted by molar-refractivity contribution is -0.156. The molecule has 4 rings (SSSR count). The lowest BCUT2D eigenvalue weighted by atomic mass is 9.82. The van der Waals surface area contributed by atoms with Crippen LogP contribution in [0.25, 0.3) is 0 Å². The van der Waals surface area contributed by atoms with Gasteiger partial charge < -0.3 is 0 Å². The molecule has 2 aromatic rings. The van der Waals surface area contributed by atoms with E-state index in [0.29, 0.717) is 17.9 Å². The summed E-state index contributed by atoms with van der Waals surface area (Å²) in [5.74, 6) is -3.36. The molecule has 1 saturated heterocycles. The van der Waals surface area contributed by atoms with Gasteiger partial charge in [-0.3, -0.25) is 19.2 Å². The molecule has 0 bridgehead atoms. The van der Waals surface area contributed by atoms with Crippen LogP contribution in [0.3, 0.4) is 0 Å². The lowest BCUT2D eigenvalue weighted by Crippen LogP contribution is -2.57. The first-order chi connectivity index (χ1) is 16.7. The van der Waals surface area contributed by atoms with Gasteiger partial charge in [0.1, 0.15) is 6.04 Å². The number of halogens is 3. The molecule has 2 aromatic carbocycles. The zero-order chi connectivity index (χ0) is 25.3. The predicted molar refractivity (Wildman–Crippen MR) is 134 cm³/mol. The maximum absolute atomic E-state index is 13.9. The van der Waals surface area contributed by atoms with Crippen LogP contribution in [0.4, 0.5) is 0 Å². The Morgan fingerprint density at radius 2 is 1.69 bits per heavy atom. The molecule has 1 heterocycles. The van der Waals surface area contributed by atoms with Gasteiger partial charge in [0, 0.05) is 16.5 Å². The third-order valence-corrected chi connectivity index (χ3v) is 7.24. The fraction of sp³-hybridized carbons (Fsp3) is 0.308. The lowest BCUT2D eigenvalue weighted by Gasteiger charge is -2.36. The van der Waals surface area contributed by atoms with Gasteiger partial charge in [-0.2, -0.15) is 5.01 Å². The Kier molecular flexibility index (Phi) is 7.64. The molecule has 0 radical (unpaired) electrons. The van der Waals surface area contributed by atoms with Crippen LogP contribution in [0.5, 0.6) is 0 Å². The van der Waals surface area contributed by atoms with Crippen LogP contribution in [0, 0.1) is 11.8 Å². The summed E-state index contributed by atoms with van der Waals surface area (Å²) in [7, 11) is 0. The highest BCUT2D eigenvalue weighted by atomic mass is 35.5. The van der Waals surface area contributed by atoms with Gasteiger partial charge in [-0.05, 0) is 62.6 Å². The van der Waals surface area contributed by atoms with Gasteiger partial charge in [0.25, 0.3) is 17.7 Å². The molecule has 0 aromatic heterocycles. The van der Waals surface area contributed by atoms with E-state index in [-0.39, 0.29) is 28.5 Å². The molecule has 1 aliphatic heterocycles. The van der Waals surface area contributed by atoms with E-state index in [0.717, 1.165) is 15.6 Å². The molecule has 1 fully saturated rings. The maximum atomic E-state index is 13.9. The van der Waals surface area contributed by atoms with Crippen molar-refractivity contribution in [2.45, 2.75) is 32.2 Å². The summed E-state index contributed by atoms with van der Waals surface area (Å²) >= 11 is 18.4. The number of hydrazine groups is 1. The third kappa shape index (κ3) is 4.88. The molecule has 1 aliphatic carbocycles. The number of alkyl halides is 1. The average Bonchev–Trinajstić information content (AvgIpc) is 3.08. The van der Waals surface area contributed by atoms with Crippen molar-refractivity contribution in [1.29, 1.82) is 0 Å². The Morgan fingerprint density at radius 1 is 1.03 bits per heavy atom. The molecule has 3 amide bonds. The topological polar surface area (TPSA) is 74.8 Å². The Hall–Kier alpha value is -2.67. The number of hydrogen-bond acceptors (Lipinski definition) is 4.